The average molecular weight is 376 g/mol. The van der Waals surface area contributed by atoms with Crippen LogP contribution in [0.4, 0.5) is 0 Å². The molecule has 0 bridgehead atoms. The number of carbonyl (C=O) groups excluding carboxylic acids is 1. The Bertz CT molecular complexity index is 885. The Hall–Kier alpha value is -3.08. The molecule has 1 N–H and O–H groups in total. The summed E-state index contributed by atoms with van der Waals surface area (Å²) < 4.78 is 11.2. The number of hydrogen-bond donors (Lipinski definition) is 1. The fourth-order valence-electron chi connectivity index (χ4n) is 3.57. The highest BCUT2D eigenvalue weighted by Gasteiger charge is 2.37. The van der Waals surface area contributed by atoms with Gasteiger partial charge in [0.25, 0.3) is 5.91 Å². The Morgan fingerprint density at radius 2 is 1.79 bits per heavy atom. The molecule has 5 nitrogen and oxygen atoms in total. The van der Waals surface area contributed by atoms with Crippen LogP contribution in [0, 0.1) is 11.8 Å². The van der Waals surface area contributed by atoms with Crippen LogP contribution in [0.3, 0.4) is 0 Å². The Balaban J connectivity index is 1.28. The van der Waals surface area contributed by atoms with E-state index in [2.05, 4.69) is 22.7 Å². The van der Waals surface area contributed by atoms with Crippen molar-refractivity contribution >= 4 is 11.6 Å². The third-order valence-corrected chi connectivity index (χ3v) is 5.20. The van der Waals surface area contributed by atoms with Crippen LogP contribution in [0.15, 0.2) is 65.8 Å². The second-order valence-corrected chi connectivity index (χ2v) is 7.09. The van der Waals surface area contributed by atoms with Crippen LogP contribution in [0.5, 0.6) is 11.5 Å². The van der Waals surface area contributed by atoms with Crippen molar-refractivity contribution in [3.63, 3.8) is 0 Å². The molecule has 2 atom stereocenters. The molecule has 0 aromatic heterocycles. The molecule has 0 radical (unpaired) electrons. The van der Waals surface area contributed by atoms with Gasteiger partial charge in [-0.25, -0.2) is 5.43 Å². The number of hydrogen-bond acceptors (Lipinski definition) is 4. The van der Waals surface area contributed by atoms with Crippen molar-refractivity contribution in [1.29, 1.82) is 0 Å². The summed E-state index contributed by atoms with van der Waals surface area (Å²) in [6, 6.07) is 14.9. The molecule has 1 fully saturated rings. The number of nitrogens with one attached hydrogen (secondary N) is 1. The monoisotopic (exact) mass is 376 g/mol. The lowest BCUT2D eigenvalue weighted by Crippen LogP contribution is -2.35. The first-order valence-corrected chi connectivity index (χ1v) is 9.71. The van der Waals surface area contributed by atoms with E-state index >= 15 is 0 Å². The molecule has 2 aromatic rings. The molecule has 5 heteroatoms. The van der Waals surface area contributed by atoms with Crippen molar-refractivity contribution in [3.05, 3.63) is 71.8 Å². The van der Waals surface area contributed by atoms with Crippen LogP contribution in [0.25, 0.3) is 0 Å². The maximum Gasteiger partial charge on any atom is 0.271 e. The Morgan fingerprint density at radius 3 is 2.46 bits per heavy atom. The average Bonchev–Trinajstić information content (AvgIpc) is 3.09. The van der Waals surface area contributed by atoms with Crippen molar-refractivity contribution < 1.29 is 14.3 Å². The van der Waals surface area contributed by atoms with Gasteiger partial charge in [0.1, 0.15) is 18.1 Å². The van der Waals surface area contributed by atoms with Crippen LogP contribution in [-0.2, 0) is 6.61 Å². The third-order valence-electron chi connectivity index (χ3n) is 5.20. The molecule has 4 rings (SSSR count). The van der Waals surface area contributed by atoms with E-state index in [-0.39, 0.29) is 5.91 Å². The molecule has 0 saturated heterocycles. The second kappa shape index (κ2) is 8.30. The van der Waals surface area contributed by atoms with Crippen molar-refractivity contribution in [1.82, 2.24) is 5.43 Å². The van der Waals surface area contributed by atoms with Crippen LogP contribution < -0.4 is 14.9 Å². The molecule has 0 aliphatic heterocycles. The summed E-state index contributed by atoms with van der Waals surface area (Å²) in [6.07, 6.45) is 6.52. The summed E-state index contributed by atoms with van der Waals surface area (Å²) in [5.41, 5.74) is 5.34. The summed E-state index contributed by atoms with van der Waals surface area (Å²) in [5.74, 6) is 2.56. The van der Waals surface area contributed by atoms with Gasteiger partial charge in [0.05, 0.1) is 6.61 Å². The maximum absolute atomic E-state index is 12.3. The van der Waals surface area contributed by atoms with Crippen LogP contribution in [-0.4, -0.2) is 18.2 Å². The molecule has 144 valence electrons. The Morgan fingerprint density at radius 1 is 1.07 bits per heavy atom. The van der Waals surface area contributed by atoms with E-state index in [1.165, 1.54) is 0 Å². The zero-order chi connectivity index (χ0) is 19.3. The molecule has 0 spiro atoms. The SMILES string of the molecule is CCOc1ccc(OCc2ccc(C(=O)N/N=C3/C[C@@H]4CC=C[C@H]34)cc2)cc1. The predicted octanol–water partition coefficient (Wildman–Crippen LogP) is 4.35. The van der Waals surface area contributed by atoms with E-state index in [1.54, 1.807) is 12.1 Å². The molecule has 28 heavy (non-hydrogen) atoms. The number of allylic oxidation sites excluding steroid dienone is 2. The number of carbonyl (C=O) groups is 1. The largest absolute Gasteiger partial charge is 0.494 e. The van der Waals surface area contributed by atoms with Crippen LogP contribution in [0.1, 0.15) is 35.7 Å². The van der Waals surface area contributed by atoms with Crippen LogP contribution >= 0.6 is 0 Å². The molecule has 2 aliphatic carbocycles. The van der Waals surface area contributed by atoms with E-state index in [1.807, 2.05) is 43.3 Å². The molecule has 0 unspecified atom stereocenters. The van der Waals surface area contributed by atoms with Gasteiger partial charge in [-0.1, -0.05) is 24.3 Å². The highest BCUT2D eigenvalue weighted by atomic mass is 16.5. The topological polar surface area (TPSA) is 59.9 Å². The number of fused-ring (bicyclic) bond motifs is 1. The summed E-state index contributed by atoms with van der Waals surface area (Å²) >= 11 is 0. The van der Waals surface area contributed by atoms with Crippen LogP contribution in [0.2, 0.25) is 0 Å². The van der Waals surface area contributed by atoms with Gasteiger partial charge in [0.15, 0.2) is 0 Å². The number of benzene rings is 2. The lowest BCUT2D eigenvalue weighted by molar-refractivity contribution is 0.0954. The van der Waals surface area contributed by atoms with Gasteiger partial charge in [-0.3, -0.25) is 4.79 Å². The minimum Gasteiger partial charge on any atom is -0.494 e. The third kappa shape index (κ3) is 4.09. The van der Waals surface area contributed by atoms with Gasteiger partial charge >= 0.3 is 0 Å². The fraction of sp³-hybridized carbons (Fsp3) is 0.304. The van der Waals surface area contributed by atoms with Crippen molar-refractivity contribution in [2.45, 2.75) is 26.4 Å². The molecular weight excluding hydrogens is 352 g/mol. The minimum atomic E-state index is -0.183. The van der Waals surface area contributed by atoms with Gasteiger partial charge in [-0.2, -0.15) is 5.10 Å². The minimum absolute atomic E-state index is 0.183. The smallest absolute Gasteiger partial charge is 0.271 e. The normalized spacial score (nSPS) is 21.1. The molecule has 1 saturated carbocycles. The van der Waals surface area contributed by atoms with Gasteiger partial charge in [-0.15, -0.1) is 0 Å². The highest BCUT2D eigenvalue weighted by molar-refractivity contribution is 5.98. The predicted molar refractivity (Wildman–Crippen MR) is 109 cm³/mol. The molecule has 2 aromatic carbocycles. The first-order chi connectivity index (χ1) is 13.7. The summed E-state index contributed by atoms with van der Waals surface area (Å²) in [5, 5.41) is 4.30. The van der Waals surface area contributed by atoms with Crippen molar-refractivity contribution in [2.75, 3.05) is 6.61 Å². The fourth-order valence-corrected chi connectivity index (χ4v) is 3.57. The Labute approximate surface area is 165 Å². The second-order valence-electron chi connectivity index (χ2n) is 7.09. The molecule has 1 amide bonds. The standard InChI is InChI=1S/C23H24N2O3/c1-2-27-19-10-12-20(13-11-19)28-15-16-6-8-17(9-7-16)23(26)25-24-22-14-18-4-3-5-21(18)22/h3,5-13,18,21H,2,4,14-15H2,1H3,(H,25,26)/b24-22-/t18-,21-/m0/s1. The first kappa shape index (κ1) is 18.3. The van der Waals surface area contributed by atoms with E-state index in [4.69, 9.17) is 9.47 Å². The summed E-state index contributed by atoms with van der Waals surface area (Å²) in [4.78, 5) is 12.3. The number of rotatable bonds is 7. The lowest BCUT2D eigenvalue weighted by Gasteiger charge is -2.31. The first-order valence-electron chi connectivity index (χ1n) is 9.71. The summed E-state index contributed by atoms with van der Waals surface area (Å²) in [6.45, 7) is 3.04. The quantitative estimate of drug-likeness (QED) is 0.577. The number of amides is 1. The Kier molecular flexibility index (Phi) is 5.42. The zero-order valence-corrected chi connectivity index (χ0v) is 15.9. The molecule has 2 aliphatic rings. The lowest BCUT2D eigenvalue weighted by atomic mass is 9.74. The number of ether oxygens (including phenoxy) is 2. The van der Waals surface area contributed by atoms with E-state index in [0.29, 0.717) is 30.6 Å². The van der Waals surface area contributed by atoms with Gasteiger partial charge in [0, 0.05) is 17.2 Å². The van der Waals surface area contributed by atoms with E-state index in [9.17, 15) is 4.79 Å². The van der Waals surface area contributed by atoms with E-state index in [0.717, 1.165) is 35.6 Å². The highest BCUT2D eigenvalue weighted by Crippen LogP contribution is 2.40. The molecule has 0 heterocycles. The van der Waals surface area contributed by atoms with Gasteiger partial charge in [0.2, 0.25) is 0 Å². The van der Waals surface area contributed by atoms with Gasteiger partial charge < -0.3 is 9.47 Å². The zero-order valence-electron chi connectivity index (χ0n) is 15.9. The maximum atomic E-state index is 12.3. The van der Waals surface area contributed by atoms with Crippen molar-refractivity contribution in [2.24, 2.45) is 16.9 Å². The number of hydrazone groups is 1. The van der Waals surface area contributed by atoms with Gasteiger partial charge in [-0.05, 0) is 67.6 Å². The summed E-state index contributed by atoms with van der Waals surface area (Å²) in [7, 11) is 0. The van der Waals surface area contributed by atoms with Crippen molar-refractivity contribution in [3.8, 4) is 11.5 Å². The number of nitrogens with zero attached hydrogens (tertiary/aromatic N) is 1. The molecular formula is C23H24N2O3. The van der Waals surface area contributed by atoms with E-state index < -0.39 is 0 Å².